The van der Waals surface area contributed by atoms with Gasteiger partial charge >= 0.3 is 12.0 Å². The lowest BCUT2D eigenvalue weighted by molar-refractivity contribution is -0.142. The highest BCUT2D eigenvalue weighted by Gasteiger charge is 2.26. The first-order valence-electron chi connectivity index (χ1n) is 7.37. The molecule has 0 spiro atoms. The quantitative estimate of drug-likeness (QED) is 0.774. The SMILES string of the molecule is CS(=O)(=O)c1ccccc1NC(=O)NC1CCC(C(=O)O)CC1. The van der Waals surface area contributed by atoms with Gasteiger partial charge in [0, 0.05) is 12.3 Å². The number of benzene rings is 1. The Kier molecular flexibility index (Phi) is 5.25. The Morgan fingerprint density at radius 1 is 1.13 bits per heavy atom. The molecule has 3 N–H and O–H groups in total. The number of amides is 2. The number of urea groups is 1. The molecule has 1 aromatic rings. The molecule has 0 unspecified atom stereocenters. The molecule has 1 aliphatic carbocycles. The molecular weight excluding hydrogens is 320 g/mol. The van der Waals surface area contributed by atoms with Crippen molar-refractivity contribution >= 4 is 27.5 Å². The Labute approximate surface area is 135 Å². The van der Waals surface area contributed by atoms with Gasteiger partial charge in [-0.2, -0.15) is 0 Å². The highest BCUT2D eigenvalue weighted by atomic mass is 32.2. The molecule has 2 rings (SSSR count). The third-order valence-corrected chi connectivity index (χ3v) is 5.10. The Hall–Kier alpha value is -2.09. The van der Waals surface area contributed by atoms with Crippen molar-refractivity contribution in [2.75, 3.05) is 11.6 Å². The monoisotopic (exact) mass is 340 g/mol. The van der Waals surface area contributed by atoms with Crippen molar-refractivity contribution in [3.05, 3.63) is 24.3 Å². The average molecular weight is 340 g/mol. The summed E-state index contributed by atoms with van der Waals surface area (Å²) in [6.45, 7) is 0. The third-order valence-electron chi connectivity index (χ3n) is 3.95. The molecule has 0 saturated heterocycles. The number of hydrogen-bond acceptors (Lipinski definition) is 4. The predicted octanol–water partition coefficient (Wildman–Crippen LogP) is 1.85. The van der Waals surface area contributed by atoms with E-state index in [0.717, 1.165) is 6.26 Å². The highest BCUT2D eigenvalue weighted by Crippen LogP contribution is 2.25. The lowest BCUT2D eigenvalue weighted by atomic mass is 9.86. The normalized spacial score (nSPS) is 21.4. The van der Waals surface area contributed by atoms with Crippen molar-refractivity contribution in [2.24, 2.45) is 5.92 Å². The van der Waals surface area contributed by atoms with Crippen LogP contribution in [0, 0.1) is 5.92 Å². The van der Waals surface area contributed by atoms with E-state index < -0.39 is 21.8 Å². The van der Waals surface area contributed by atoms with Crippen LogP contribution in [0.3, 0.4) is 0 Å². The number of aliphatic carboxylic acids is 1. The number of hydrogen-bond donors (Lipinski definition) is 3. The van der Waals surface area contributed by atoms with Gasteiger partial charge in [0.25, 0.3) is 0 Å². The van der Waals surface area contributed by atoms with E-state index in [1.807, 2.05) is 0 Å². The summed E-state index contributed by atoms with van der Waals surface area (Å²) in [6.07, 6.45) is 3.33. The van der Waals surface area contributed by atoms with Crippen LogP contribution in [0.2, 0.25) is 0 Å². The number of anilines is 1. The van der Waals surface area contributed by atoms with Crippen LogP contribution in [0.5, 0.6) is 0 Å². The topological polar surface area (TPSA) is 113 Å². The van der Waals surface area contributed by atoms with Gasteiger partial charge in [-0.3, -0.25) is 4.79 Å². The van der Waals surface area contributed by atoms with Gasteiger partial charge in [0.2, 0.25) is 0 Å². The van der Waals surface area contributed by atoms with Gasteiger partial charge in [0.15, 0.2) is 9.84 Å². The lowest BCUT2D eigenvalue weighted by Gasteiger charge is -2.27. The fraction of sp³-hybridized carbons (Fsp3) is 0.467. The standard InChI is InChI=1S/C15H20N2O5S/c1-23(21,22)13-5-3-2-4-12(13)17-15(20)16-11-8-6-10(7-9-11)14(18)19/h2-5,10-11H,6-9H2,1H3,(H,18,19)(H2,16,17,20). The highest BCUT2D eigenvalue weighted by molar-refractivity contribution is 7.90. The van der Waals surface area contributed by atoms with Gasteiger partial charge < -0.3 is 15.7 Å². The van der Waals surface area contributed by atoms with Crippen LogP contribution >= 0.6 is 0 Å². The number of carboxylic acid groups (broad SMARTS) is 1. The van der Waals surface area contributed by atoms with Gasteiger partial charge in [-0.1, -0.05) is 12.1 Å². The first-order valence-corrected chi connectivity index (χ1v) is 9.26. The average Bonchev–Trinajstić information content (AvgIpc) is 2.47. The van der Waals surface area contributed by atoms with Crippen LogP contribution in [0.25, 0.3) is 0 Å². The summed E-state index contributed by atoms with van der Waals surface area (Å²) in [6, 6.07) is 5.60. The van der Waals surface area contributed by atoms with Crippen molar-refractivity contribution < 1.29 is 23.1 Å². The molecule has 7 nitrogen and oxygen atoms in total. The molecule has 1 fully saturated rings. The molecule has 2 amide bonds. The van der Waals surface area contributed by atoms with Crippen LogP contribution < -0.4 is 10.6 Å². The minimum atomic E-state index is -3.44. The van der Waals surface area contributed by atoms with Crippen molar-refractivity contribution in [3.8, 4) is 0 Å². The van der Waals surface area contributed by atoms with Crippen molar-refractivity contribution in [1.29, 1.82) is 0 Å². The zero-order valence-corrected chi connectivity index (χ0v) is 13.6. The van der Waals surface area contributed by atoms with Crippen LogP contribution in [0.4, 0.5) is 10.5 Å². The van der Waals surface area contributed by atoms with E-state index in [4.69, 9.17) is 5.11 Å². The second kappa shape index (κ2) is 6.99. The van der Waals surface area contributed by atoms with E-state index in [-0.39, 0.29) is 22.5 Å². The summed E-state index contributed by atoms with van der Waals surface area (Å²) in [5, 5.41) is 14.3. The molecule has 1 aliphatic rings. The minimum Gasteiger partial charge on any atom is -0.481 e. The zero-order valence-electron chi connectivity index (χ0n) is 12.8. The van der Waals surface area contributed by atoms with E-state index in [1.54, 1.807) is 12.1 Å². The molecule has 1 saturated carbocycles. The Morgan fingerprint density at radius 2 is 1.74 bits per heavy atom. The van der Waals surface area contributed by atoms with Crippen LogP contribution in [-0.2, 0) is 14.6 Å². The number of carboxylic acids is 1. The summed E-state index contributed by atoms with van der Waals surface area (Å²) >= 11 is 0. The first kappa shape index (κ1) is 17.3. The van der Waals surface area contributed by atoms with E-state index in [2.05, 4.69) is 10.6 Å². The number of rotatable bonds is 4. The summed E-state index contributed by atoms with van der Waals surface area (Å²) in [5.41, 5.74) is 0.228. The van der Waals surface area contributed by atoms with E-state index in [0.29, 0.717) is 25.7 Å². The molecule has 0 bridgehead atoms. The summed E-state index contributed by atoms with van der Waals surface area (Å²) < 4.78 is 23.4. The van der Waals surface area contributed by atoms with Crippen LogP contribution in [0.1, 0.15) is 25.7 Å². The largest absolute Gasteiger partial charge is 0.481 e. The molecule has 8 heteroatoms. The Balaban J connectivity index is 1.95. The molecule has 1 aromatic carbocycles. The van der Waals surface area contributed by atoms with Crippen LogP contribution in [0.15, 0.2) is 29.2 Å². The Bertz CT molecular complexity index is 694. The van der Waals surface area contributed by atoms with Crippen LogP contribution in [-0.4, -0.2) is 37.8 Å². The molecule has 0 aromatic heterocycles. The summed E-state index contributed by atoms with van der Waals surface area (Å²) in [5.74, 6) is -1.14. The van der Waals surface area contributed by atoms with Gasteiger partial charge in [-0.25, -0.2) is 13.2 Å². The molecule has 0 aliphatic heterocycles. The molecule has 23 heavy (non-hydrogen) atoms. The Morgan fingerprint density at radius 3 is 2.30 bits per heavy atom. The second-order valence-corrected chi connectivity index (χ2v) is 7.74. The summed E-state index contributed by atoms with van der Waals surface area (Å²) in [7, 11) is -3.44. The third kappa shape index (κ3) is 4.69. The maximum Gasteiger partial charge on any atom is 0.319 e. The molecule has 0 atom stereocenters. The molecule has 126 valence electrons. The van der Waals surface area contributed by atoms with Crippen molar-refractivity contribution in [2.45, 2.75) is 36.6 Å². The maximum atomic E-state index is 12.0. The van der Waals surface area contributed by atoms with Gasteiger partial charge in [-0.05, 0) is 37.8 Å². The van der Waals surface area contributed by atoms with E-state index in [1.165, 1.54) is 12.1 Å². The van der Waals surface area contributed by atoms with Gasteiger partial charge in [0.05, 0.1) is 16.5 Å². The summed E-state index contributed by atoms with van der Waals surface area (Å²) in [4.78, 5) is 23.0. The van der Waals surface area contributed by atoms with E-state index >= 15 is 0 Å². The van der Waals surface area contributed by atoms with Gasteiger partial charge in [-0.15, -0.1) is 0 Å². The molecular formula is C15H20N2O5S. The molecule has 0 heterocycles. The maximum absolute atomic E-state index is 12.0. The second-order valence-electron chi connectivity index (χ2n) is 5.75. The predicted molar refractivity (Wildman–Crippen MR) is 85.1 cm³/mol. The van der Waals surface area contributed by atoms with Crippen molar-refractivity contribution in [3.63, 3.8) is 0 Å². The smallest absolute Gasteiger partial charge is 0.319 e. The number of carbonyl (C=O) groups excluding carboxylic acids is 1. The lowest BCUT2D eigenvalue weighted by Crippen LogP contribution is -2.41. The number of sulfone groups is 1. The van der Waals surface area contributed by atoms with E-state index in [9.17, 15) is 18.0 Å². The zero-order chi connectivity index (χ0) is 17.0. The number of nitrogens with one attached hydrogen (secondary N) is 2. The van der Waals surface area contributed by atoms with Crippen molar-refractivity contribution in [1.82, 2.24) is 5.32 Å². The number of para-hydroxylation sites is 1. The molecule has 0 radical (unpaired) electrons. The first-order chi connectivity index (χ1) is 10.8. The minimum absolute atomic E-state index is 0.0599. The van der Waals surface area contributed by atoms with Gasteiger partial charge in [0.1, 0.15) is 0 Å². The number of carbonyl (C=O) groups is 2. The fourth-order valence-corrected chi connectivity index (χ4v) is 3.57. The fourth-order valence-electron chi connectivity index (χ4n) is 2.72.